The Kier molecular flexibility index (Phi) is 3.86. The first kappa shape index (κ1) is 17.5. The molecular weight excluding hydrogens is 364 g/mol. The fourth-order valence-corrected chi connectivity index (χ4v) is 5.72. The van der Waals surface area contributed by atoms with Gasteiger partial charge in [0, 0.05) is 40.0 Å². The number of benzene rings is 1. The molecule has 5 atom stereocenters. The van der Waals surface area contributed by atoms with Crippen LogP contribution < -0.4 is 10.1 Å². The Morgan fingerprint density at radius 2 is 1.93 bits per heavy atom. The van der Waals surface area contributed by atoms with Crippen LogP contribution in [0.15, 0.2) is 12.1 Å². The number of Topliss-reactive ketones (excluding diaryl/α,β-unsaturated/α-hetero) is 1. The Hall–Kier alpha value is -1.59. The van der Waals surface area contributed by atoms with E-state index in [1.165, 1.54) is 0 Å². The Morgan fingerprint density at radius 1 is 1.22 bits per heavy atom. The summed E-state index contributed by atoms with van der Waals surface area (Å²) < 4.78 is 5.87. The highest BCUT2D eigenvalue weighted by atomic mass is 35.5. The SMILES string of the molecule is CC1(C)COc2c(C(=O)NC3CC4C[C@H]5C[C@H](C3)N4CC5=O)cc(Cl)cc21. The van der Waals surface area contributed by atoms with Crippen molar-refractivity contribution < 1.29 is 14.3 Å². The van der Waals surface area contributed by atoms with Crippen LogP contribution in [0, 0.1) is 5.92 Å². The van der Waals surface area contributed by atoms with E-state index in [4.69, 9.17) is 16.3 Å². The number of hydrogen-bond donors (Lipinski definition) is 1. The molecule has 1 aromatic carbocycles. The first-order valence-corrected chi connectivity index (χ1v) is 10.3. The molecule has 1 aromatic rings. The zero-order valence-corrected chi connectivity index (χ0v) is 16.5. The smallest absolute Gasteiger partial charge is 0.255 e. The van der Waals surface area contributed by atoms with Crippen LogP contribution in [0.3, 0.4) is 0 Å². The van der Waals surface area contributed by atoms with Crippen LogP contribution in [0.5, 0.6) is 5.75 Å². The van der Waals surface area contributed by atoms with E-state index in [0.717, 1.165) is 31.2 Å². The zero-order valence-electron chi connectivity index (χ0n) is 15.8. The number of nitrogens with zero attached hydrogens (tertiary/aromatic N) is 1. The van der Waals surface area contributed by atoms with Crippen LogP contribution in [-0.4, -0.2) is 47.9 Å². The van der Waals surface area contributed by atoms with Gasteiger partial charge >= 0.3 is 0 Å². The molecule has 0 saturated carbocycles. The molecule has 1 amide bonds. The molecule has 5 heterocycles. The van der Waals surface area contributed by atoms with E-state index in [2.05, 4.69) is 24.1 Å². The summed E-state index contributed by atoms with van der Waals surface area (Å²) in [7, 11) is 0. The van der Waals surface area contributed by atoms with E-state index in [9.17, 15) is 9.59 Å². The van der Waals surface area contributed by atoms with Gasteiger partial charge in [0.15, 0.2) is 0 Å². The lowest BCUT2D eigenvalue weighted by Crippen LogP contribution is -2.64. The van der Waals surface area contributed by atoms with Crippen molar-refractivity contribution in [2.75, 3.05) is 13.2 Å². The molecule has 0 radical (unpaired) electrons. The molecule has 6 rings (SSSR count). The number of hydrogen-bond acceptors (Lipinski definition) is 4. The molecular formula is C21H25ClN2O3. The van der Waals surface area contributed by atoms with Crippen LogP contribution in [0.25, 0.3) is 0 Å². The van der Waals surface area contributed by atoms with Crippen molar-refractivity contribution in [1.29, 1.82) is 0 Å². The van der Waals surface area contributed by atoms with Crippen molar-refractivity contribution >= 4 is 23.3 Å². The number of rotatable bonds is 2. The van der Waals surface area contributed by atoms with E-state index in [1.807, 2.05) is 6.07 Å². The molecule has 5 nitrogen and oxygen atoms in total. The number of carbonyl (C=O) groups excluding carboxylic acids is 2. The largest absolute Gasteiger partial charge is 0.492 e. The van der Waals surface area contributed by atoms with Gasteiger partial charge in [0.05, 0.1) is 18.7 Å². The third-order valence-electron chi connectivity index (χ3n) is 6.90. The van der Waals surface area contributed by atoms with E-state index in [-0.39, 0.29) is 23.3 Å². The highest BCUT2D eigenvalue weighted by Crippen LogP contribution is 2.43. The first-order chi connectivity index (χ1) is 12.8. The number of piperidine rings is 4. The minimum Gasteiger partial charge on any atom is -0.492 e. The summed E-state index contributed by atoms with van der Waals surface area (Å²) in [4.78, 5) is 27.4. The summed E-state index contributed by atoms with van der Waals surface area (Å²) >= 11 is 6.30. The van der Waals surface area contributed by atoms with Gasteiger partial charge in [0.25, 0.3) is 5.91 Å². The zero-order chi connectivity index (χ0) is 18.9. The molecule has 3 unspecified atom stereocenters. The number of ether oxygens (including phenoxy) is 1. The van der Waals surface area contributed by atoms with E-state index in [0.29, 0.717) is 47.4 Å². The molecule has 4 fully saturated rings. The third-order valence-corrected chi connectivity index (χ3v) is 7.12. The van der Waals surface area contributed by atoms with Gasteiger partial charge in [-0.05, 0) is 37.8 Å². The molecule has 5 aliphatic heterocycles. The van der Waals surface area contributed by atoms with Crippen molar-refractivity contribution in [3.63, 3.8) is 0 Å². The Bertz CT molecular complexity index is 821. The number of amides is 1. The van der Waals surface area contributed by atoms with Crippen LogP contribution in [0.4, 0.5) is 0 Å². The second kappa shape index (κ2) is 5.95. The van der Waals surface area contributed by atoms with Gasteiger partial charge in [0.2, 0.25) is 0 Å². The van der Waals surface area contributed by atoms with E-state index >= 15 is 0 Å². The summed E-state index contributed by atoms with van der Waals surface area (Å²) in [5.74, 6) is 1.21. The summed E-state index contributed by atoms with van der Waals surface area (Å²) in [6.45, 7) is 5.36. The normalized spacial score (nSPS) is 35.5. The molecule has 5 aliphatic rings. The summed E-state index contributed by atoms with van der Waals surface area (Å²) in [6, 6.07) is 4.61. The predicted octanol–water partition coefficient (Wildman–Crippen LogP) is 2.93. The maximum Gasteiger partial charge on any atom is 0.255 e. The average molecular weight is 389 g/mol. The highest BCUT2D eigenvalue weighted by Gasteiger charge is 2.48. The summed E-state index contributed by atoms with van der Waals surface area (Å²) in [5, 5.41) is 3.80. The fourth-order valence-electron chi connectivity index (χ4n) is 5.50. The number of ketones is 1. The first-order valence-electron chi connectivity index (χ1n) is 9.88. The number of carbonyl (C=O) groups is 2. The lowest BCUT2D eigenvalue weighted by molar-refractivity contribution is -0.141. The van der Waals surface area contributed by atoms with Crippen LogP contribution in [0.1, 0.15) is 55.5 Å². The van der Waals surface area contributed by atoms with E-state index in [1.54, 1.807) is 6.07 Å². The quantitative estimate of drug-likeness (QED) is 0.846. The minimum absolute atomic E-state index is 0.104. The molecule has 0 aliphatic carbocycles. The molecule has 6 heteroatoms. The molecule has 4 bridgehead atoms. The topological polar surface area (TPSA) is 58.6 Å². The minimum atomic E-state index is -0.143. The van der Waals surface area contributed by atoms with Gasteiger partial charge in [-0.3, -0.25) is 14.5 Å². The second-order valence-electron chi connectivity index (χ2n) is 9.26. The predicted molar refractivity (Wildman–Crippen MR) is 102 cm³/mol. The van der Waals surface area contributed by atoms with Gasteiger partial charge < -0.3 is 10.1 Å². The van der Waals surface area contributed by atoms with Crippen LogP contribution in [-0.2, 0) is 10.2 Å². The van der Waals surface area contributed by atoms with E-state index < -0.39 is 0 Å². The number of halogens is 1. The summed E-state index contributed by atoms with van der Waals surface area (Å²) in [5.41, 5.74) is 1.40. The van der Waals surface area contributed by atoms with Crippen LogP contribution in [0.2, 0.25) is 5.02 Å². The monoisotopic (exact) mass is 388 g/mol. The van der Waals surface area contributed by atoms with Crippen molar-refractivity contribution in [3.8, 4) is 5.75 Å². The lowest BCUT2D eigenvalue weighted by Gasteiger charge is -2.54. The Labute approximate surface area is 164 Å². The highest BCUT2D eigenvalue weighted by molar-refractivity contribution is 6.31. The van der Waals surface area contributed by atoms with Gasteiger partial charge in [-0.1, -0.05) is 25.4 Å². The molecule has 4 saturated heterocycles. The molecule has 1 N–H and O–H groups in total. The Morgan fingerprint density at radius 3 is 2.59 bits per heavy atom. The van der Waals surface area contributed by atoms with Gasteiger partial charge in [-0.25, -0.2) is 0 Å². The average Bonchev–Trinajstić information content (AvgIpc) is 2.89. The maximum absolute atomic E-state index is 13.0. The third kappa shape index (κ3) is 2.78. The summed E-state index contributed by atoms with van der Waals surface area (Å²) in [6.07, 6.45) is 3.74. The lowest BCUT2D eigenvalue weighted by atomic mass is 9.71. The van der Waals surface area contributed by atoms with Gasteiger partial charge in [-0.15, -0.1) is 0 Å². The van der Waals surface area contributed by atoms with Crippen molar-refractivity contribution in [1.82, 2.24) is 10.2 Å². The van der Waals surface area contributed by atoms with Crippen molar-refractivity contribution in [2.45, 2.75) is 63.1 Å². The molecule has 0 spiro atoms. The molecule has 144 valence electrons. The fraction of sp³-hybridized carbons (Fsp3) is 0.619. The maximum atomic E-state index is 13.0. The second-order valence-corrected chi connectivity index (χ2v) is 9.70. The van der Waals surface area contributed by atoms with Gasteiger partial charge in [0.1, 0.15) is 11.5 Å². The van der Waals surface area contributed by atoms with Gasteiger partial charge in [-0.2, -0.15) is 0 Å². The standard InChI is InChI=1S/C21H25ClN2O3/c1-21(2)10-27-19-16(5-12(22)6-17(19)21)20(26)23-13-7-14-3-11-4-15(8-13)24(14)9-18(11)25/h5-6,11,13-15H,3-4,7-10H2,1-2H3,(H,23,26)/t11-,13?,14-,15?/m1/s1. The van der Waals surface area contributed by atoms with Crippen molar-refractivity contribution in [3.05, 3.63) is 28.3 Å². The number of fused-ring (bicyclic) bond motifs is 2. The number of nitrogens with one attached hydrogen (secondary N) is 1. The molecule has 27 heavy (non-hydrogen) atoms. The molecule has 0 aromatic heterocycles. The van der Waals surface area contributed by atoms with Crippen molar-refractivity contribution in [2.24, 2.45) is 5.92 Å². The Balaban J connectivity index is 1.35. The van der Waals surface area contributed by atoms with Crippen LogP contribution >= 0.6 is 11.6 Å².